The van der Waals surface area contributed by atoms with Crippen LogP contribution in [0.15, 0.2) is 4.52 Å². The summed E-state index contributed by atoms with van der Waals surface area (Å²) in [6.07, 6.45) is 10.6. The summed E-state index contributed by atoms with van der Waals surface area (Å²) in [7, 11) is 4.35. The van der Waals surface area contributed by atoms with Crippen molar-refractivity contribution in [3.8, 4) is 11.5 Å². The maximum absolute atomic E-state index is 12.5. The summed E-state index contributed by atoms with van der Waals surface area (Å²) >= 11 is 6.32. The number of nitrogens with one attached hydrogen (secondary N) is 1. The second-order valence-electron chi connectivity index (χ2n) is 9.26. The molecule has 0 bridgehead atoms. The SMILES string of the molecule is CC.CCCCC(=O)c1onc(-c2nc(Cl)c3c(C)[nH]nc3n2)c1CCCC.CN(C)C1CCCC1. The molecule has 36 heavy (non-hydrogen) atoms. The van der Waals surface area contributed by atoms with Crippen molar-refractivity contribution < 1.29 is 9.32 Å². The molecule has 0 unspecified atom stereocenters. The van der Waals surface area contributed by atoms with Crippen LogP contribution in [0, 0.1) is 6.92 Å². The summed E-state index contributed by atoms with van der Waals surface area (Å²) in [5.41, 5.74) is 2.51. The molecular formula is C27H43ClN6O2. The Balaban J connectivity index is 0.000000384. The van der Waals surface area contributed by atoms with E-state index in [0.29, 0.717) is 46.3 Å². The minimum absolute atomic E-state index is 0.0282. The first-order valence-corrected chi connectivity index (χ1v) is 13.8. The van der Waals surface area contributed by atoms with Crippen molar-refractivity contribution in [2.45, 2.75) is 105 Å². The van der Waals surface area contributed by atoms with Crippen molar-refractivity contribution >= 4 is 28.4 Å². The van der Waals surface area contributed by atoms with Crippen LogP contribution in [0.2, 0.25) is 5.15 Å². The molecule has 1 N–H and O–H groups in total. The first-order chi connectivity index (χ1) is 17.4. The van der Waals surface area contributed by atoms with Crippen LogP contribution in [0.3, 0.4) is 0 Å². The van der Waals surface area contributed by atoms with E-state index < -0.39 is 0 Å². The molecule has 1 aliphatic rings. The molecule has 0 aromatic carbocycles. The highest BCUT2D eigenvalue weighted by molar-refractivity contribution is 6.34. The number of unbranched alkanes of at least 4 members (excludes halogenated alkanes) is 2. The van der Waals surface area contributed by atoms with Crippen LogP contribution >= 0.6 is 11.6 Å². The Kier molecular flexibility index (Phi) is 12.5. The summed E-state index contributed by atoms with van der Waals surface area (Å²) in [4.78, 5) is 23.7. The summed E-state index contributed by atoms with van der Waals surface area (Å²) in [5.74, 6) is 0.623. The average molecular weight is 519 g/mol. The van der Waals surface area contributed by atoms with E-state index in [-0.39, 0.29) is 5.78 Å². The number of aromatic amines is 1. The van der Waals surface area contributed by atoms with Crippen molar-refractivity contribution in [3.63, 3.8) is 0 Å². The van der Waals surface area contributed by atoms with Gasteiger partial charge in [-0.05, 0) is 53.1 Å². The number of halogens is 1. The summed E-state index contributed by atoms with van der Waals surface area (Å²) in [6, 6.07) is 0.898. The lowest BCUT2D eigenvalue weighted by Crippen LogP contribution is -2.23. The summed E-state index contributed by atoms with van der Waals surface area (Å²) in [5, 5.41) is 12.1. The number of aryl methyl sites for hydroxylation is 1. The Labute approximate surface area is 220 Å². The van der Waals surface area contributed by atoms with Crippen LogP contribution in [-0.4, -0.2) is 56.1 Å². The molecule has 3 heterocycles. The van der Waals surface area contributed by atoms with E-state index in [9.17, 15) is 4.79 Å². The summed E-state index contributed by atoms with van der Waals surface area (Å²) in [6.45, 7) is 10.0. The number of rotatable bonds is 9. The molecule has 0 radical (unpaired) electrons. The molecule has 9 heteroatoms. The number of nitrogens with zero attached hydrogens (tertiary/aromatic N) is 5. The highest BCUT2D eigenvalue weighted by Gasteiger charge is 2.25. The fraction of sp³-hybridized carbons (Fsp3) is 0.667. The number of H-pyrrole nitrogens is 1. The van der Waals surface area contributed by atoms with Gasteiger partial charge in [0.15, 0.2) is 17.2 Å². The van der Waals surface area contributed by atoms with E-state index in [1.165, 1.54) is 25.7 Å². The zero-order valence-electron chi connectivity index (χ0n) is 23.1. The predicted molar refractivity (Wildman–Crippen MR) is 147 cm³/mol. The van der Waals surface area contributed by atoms with Crippen molar-refractivity contribution in [3.05, 3.63) is 22.2 Å². The monoisotopic (exact) mass is 518 g/mol. The van der Waals surface area contributed by atoms with Gasteiger partial charge in [-0.2, -0.15) is 5.10 Å². The predicted octanol–water partition coefficient (Wildman–Crippen LogP) is 7.20. The van der Waals surface area contributed by atoms with Crippen molar-refractivity contribution in [2.75, 3.05) is 14.1 Å². The van der Waals surface area contributed by atoms with E-state index in [2.05, 4.69) is 51.2 Å². The van der Waals surface area contributed by atoms with Crippen LogP contribution in [0.1, 0.15) is 107 Å². The van der Waals surface area contributed by atoms with Gasteiger partial charge in [0.25, 0.3) is 0 Å². The lowest BCUT2D eigenvalue weighted by Gasteiger charge is -2.17. The molecule has 1 aliphatic carbocycles. The molecule has 200 valence electrons. The van der Waals surface area contributed by atoms with Crippen molar-refractivity contribution in [1.82, 2.24) is 30.2 Å². The molecule has 4 rings (SSSR count). The Hall–Kier alpha value is -2.32. The number of carbonyl (C=O) groups is 1. The standard InChI is InChI=1S/C18H22ClN5O2.C7H15N.C2H6/c1-4-6-8-11-14(24-26-15(11)12(25)9-7-5-2)18-20-16(19)13-10(3)22-23-17(13)21-18;1-8(2)7-5-3-4-6-7;1-2/h4-9H2,1-3H3,(H,20,21,22,23);7H,3-6H2,1-2H3;1-2H3. The van der Waals surface area contributed by atoms with Gasteiger partial charge in [0.05, 0.1) is 5.39 Å². The Morgan fingerprint density at radius 3 is 2.36 bits per heavy atom. The Morgan fingerprint density at radius 2 is 1.78 bits per heavy atom. The third kappa shape index (κ3) is 7.59. The van der Waals surface area contributed by atoms with Crippen molar-refractivity contribution in [2.24, 2.45) is 0 Å². The fourth-order valence-electron chi connectivity index (χ4n) is 4.29. The number of ketones is 1. The van der Waals surface area contributed by atoms with Gasteiger partial charge in [0.1, 0.15) is 5.15 Å². The topological polar surface area (TPSA) is 101 Å². The normalized spacial score (nSPS) is 13.5. The number of Topliss-reactive ketones (excluding diaryl/α,β-unsaturated/α-hetero) is 1. The first-order valence-electron chi connectivity index (χ1n) is 13.4. The van der Waals surface area contributed by atoms with Gasteiger partial charge in [0.2, 0.25) is 11.5 Å². The molecule has 3 aromatic rings. The van der Waals surface area contributed by atoms with Gasteiger partial charge in [0, 0.05) is 23.7 Å². The summed E-state index contributed by atoms with van der Waals surface area (Å²) < 4.78 is 5.41. The van der Waals surface area contributed by atoms with Crippen LogP contribution < -0.4 is 0 Å². The lowest BCUT2D eigenvalue weighted by atomic mass is 10.0. The minimum Gasteiger partial charge on any atom is -0.352 e. The smallest absolute Gasteiger partial charge is 0.206 e. The second kappa shape index (κ2) is 15.1. The van der Waals surface area contributed by atoms with Gasteiger partial charge >= 0.3 is 0 Å². The third-order valence-corrected chi connectivity index (χ3v) is 6.67. The molecule has 0 spiro atoms. The second-order valence-corrected chi connectivity index (χ2v) is 9.61. The molecule has 0 aliphatic heterocycles. The Morgan fingerprint density at radius 1 is 1.11 bits per heavy atom. The maximum atomic E-state index is 12.5. The number of hydrogen-bond acceptors (Lipinski definition) is 7. The molecule has 8 nitrogen and oxygen atoms in total. The highest BCUT2D eigenvalue weighted by Crippen LogP contribution is 2.30. The molecule has 0 atom stereocenters. The molecule has 3 aromatic heterocycles. The third-order valence-electron chi connectivity index (χ3n) is 6.40. The van der Waals surface area contributed by atoms with Gasteiger partial charge in [-0.15, -0.1) is 0 Å². The minimum atomic E-state index is -0.0282. The largest absolute Gasteiger partial charge is 0.352 e. The van der Waals surface area contributed by atoms with Gasteiger partial charge in [-0.1, -0.05) is 70.1 Å². The Bertz CT molecular complexity index is 1090. The highest BCUT2D eigenvalue weighted by atomic mass is 35.5. The van der Waals surface area contributed by atoms with Gasteiger partial charge < -0.3 is 9.42 Å². The van der Waals surface area contributed by atoms with Crippen LogP contribution in [0.5, 0.6) is 0 Å². The number of carbonyl (C=O) groups excluding carboxylic acids is 1. The van der Waals surface area contributed by atoms with E-state index in [1.807, 2.05) is 27.7 Å². The van der Waals surface area contributed by atoms with Gasteiger partial charge in [-0.3, -0.25) is 9.89 Å². The van der Waals surface area contributed by atoms with Crippen LogP contribution in [0.4, 0.5) is 0 Å². The number of fused-ring (bicyclic) bond motifs is 1. The molecule has 1 fully saturated rings. The van der Waals surface area contributed by atoms with Crippen LogP contribution in [0.25, 0.3) is 22.6 Å². The van der Waals surface area contributed by atoms with Crippen LogP contribution in [-0.2, 0) is 6.42 Å². The lowest BCUT2D eigenvalue weighted by molar-refractivity contribution is 0.0942. The molecule has 0 amide bonds. The number of hydrogen-bond donors (Lipinski definition) is 1. The molecule has 0 saturated heterocycles. The van der Waals surface area contributed by atoms with E-state index in [0.717, 1.165) is 43.0 Å². The van der Waals surface area contributed by atoms with Gasteiger partial charge in [-0.25, -0.2) is 9.97 Å². The van der Waals surface area contributed by atoms with E-state index in [4.69, 9.17) is 16.1 Å². The number of aromatic nitrogens is 5. The quantitative estimate of drug-likeness (QED) is 0.236. The zero-order chi connectivity index (χ0) is 26.7. The average Bonchev–Trinajstić information content (AvgIpc) is 3.63. The fourth-order valence-corrected chi connectivity index (χ4v) is 4.59. The first kappa shape index (κ1) is 29.9. The molecular weight excluding hydrogens is 476 g/mol. The zero-order valence-corrected chi connectivity index (χ0v) is 23.8. The van der Waals surface area contributed by atoms with E-state index >= 15 is 0 Å². The van der Waals surface area contributed by atoms with Crippen molar-refractivity contribution in [1.29, 1.82) is 0 Å². The maximum Gasteiger partial charge on any atom is 0.206 e. The van der Waals surface area contributed by atoms with E-state index in [1.54, 1.807) is 0 Å². The molecule has 1 saturated carbocycles.